The van der Waals surface area contributed by atoms with E-state index >= 15 is 0 Å². The fourth-order valence-corrected chi connectivity index (χ4v) is 2.29. The molecule has 1 unspecified atom stereocenters. The molecule has 1 heterocycles. The van der Waals surface area contributed by atoms with Crippen LogP contribution >= 0.6 is 15.9 Å². The Morgan fingerprint density at radius 3 is 3.27 bits per heavy atom. The van der Waals surface area contributed by atoms with E-state index in [2.05, 4.69) is 27.0 Å². The van der Waals surface area contributed by atoms with Gasteiger partial charge in [-0.25, -0.2) is 0 Å². The molecule has 2 rings (SSSR count). The number of pyridine rings is 1. The minimum Gasteiger partial charge on any atom is -0.260 e. The van der Waals surface area contributed by atoms with Gasteiger partial charge in [0.2, 0.25) is 0 Å². The molecule has 1 aliphatic carbocycles. The van der Waals surface area contributed by atoms with Crippen LogP contribution in [0.15, 0.2) is 18.3 Å². The SMILES string of the molecule is BrC1CCCc2cccnc21. The van der Waals surface area contributed by atoms with Crippen molar-refractivity contribution in [3.63, 3.8) is 0 Å². The Morgan fingerprint density at radius 2 is 2.45 bits per heavy atom. The molecule has 0 spiro atoms. The highest BCUT2D eigenvalue weighted by Gasteiger charge is 2.17. The molecular formula is C9H10BrN. The van der Waals surface area contributed by atoms with E-state index in [9.17, 15) is 0 Å². The van der Waals surface area contributed by atoms with Crippen LogP contribution in [0, 0.1) is 0 Å². The lowest BCUT2D eigenvalue weighted by atomic mass is 9.96. The summed E-state index contributed by atoms with van der Waals surface area (Å²) in [5.74, 6) is 0. The number of hydrogen-bond acceptors (Lipinski definition) is 1. The second-order valence-electron chi connectivity index (χ2n) is 2.91. The van der Waals surface area contributed by atoms with E-state index in [1.54, 1.807) is 0 Å². The van der Waals surface area contributed by atoms with E-state index in [0.717, 1.165) is 0 Å². The Bertz CT molecular complexity index is 259. The Labute approximate surface area is 75.0 Å². The summed E-state index contributed by atoms with van der Waals surface area (Å²) in [4.78, 5) is 4.85. The zero-order valence-electron chi connectivity index (χ0n) is 6.26. The zero-order valence-corrected chi connectivity index (χ0v) is 7.84. The predicted molar refractivity (Wildman–Crippen MR) is 48.8 cm³/mol. The molecule has 0 bridgehead atoms. The van der Waals surface area contributed by atoms with Crippen LogP contribution < -0.4 is 0 Å². The fourth-order valence-electron chi connectivity index (χ4n) is 1.55. The van der Waals surface area contributed by atoms with Crippen molar-refractivity contribution in [2.45, 2.75) is 24.1 Å². The third kappa shape index (κ3) is 1.32. The van der Waals surface area contributed by atoms with Gasteiger partial charge in [-0.2, -0.15) is 0 Å². The maximum absolute atomic E-state index is 4.35. The molecule has 1 aromatic rings. The van der Waals surface area contributed by atoms with Crippen molar-refractivity contribution >= 4 is 15.9 Å². The van der Waals surface area contributed by atoms with Gasteiger partial charge in [0.05, 0.1) is 10.5 Å². The van der Waals surface area contributed by atoms with E-state index in [1.807, 2.05) is 12.3 Å². The van der Waals surface area contributed by atoms with Gasteiger partial charge < -0.3 is 0 Å². The van der Waals surface area contributed by atoms with Gasteiger partial charge in [-0.15, -0.1) is 0 Å². The van der Waals surface area contributed by atoms with Gasteiger partial charge in [0.15, 0.2) is 0 Å². The van der Waals surface area contributed by atoms with Gasteiger partial charge in [-0.3, -0.25) is 4.98 Å². The number of aryl methyl sites for hydroxylation is 1. The summed E-state index contributed by atoms with van der Waals surface area (Å²) in [7, 11) is 0. The lowest BCUT2D eigenvalue weighted by molar-refractivity contribution is 0.663. The Hall–Kier alpha value is -0.370. The molecule has 0 saturated heterocycles. The summed E-state index contributed by atoms with van der Waals surface area (Å²) < 4.78 is 0. The van der Waals surface area contributed by atoms with Crippen LogP contribution in [0.2, 0.25) is 0 Å². The summed E-state index contributed by atoms with van der Waals surface area (Å²) in [5, 5.41) is 0. The van der Waals surface area contributed by atoms with Crippen molar-refractivity contribution in [1.82, 2.24) is 4.98 Å². The minimum absolute atomic E-state index is 0.493. The predicted octanol–water partition coefficient (Wildman–Crippen LogP) is 2.85. The van der Waals surface area contributed by atoms with Crippen LogP contribution in [0.4, 0.5) is 0 Å². The number of fused-ring (bicyclic) bond motifs is 1. The first-order valence-electron chi connectivity index (χ1n) is 3.96. The Balaban J connectivity index is 2.44. The maximum Gasteiger partial charge on any atom is 0.0572 e. The summed E-state index contributed by atoms with van der Waals surface area (Å²) in [5.41, 5.74) is 2.67. The Kier molecular flexibility index (Phi) is 1.95. The van der Waals surface area contributed by atoms with Crippen molar-refractivity contribution < 1.29 is 0 Å². The zero-order chi connectivity index (χ0) is 7.68. The summed E-state index contributed by atoms with van der Waals surface area (Å²) in [6.45, 7) is 0. The average Bonchev–Trinajstić information content (AvgIpc) is 2.06. The second-order valence-corrected chi connectivity index (χ2v) is 4.01. The largest absolute Gasteiger partial charge is 0.260 e. The molecule has 1 aliphatic rings. The first-order chi connectivity index (χ1) is 5.38. The van der Waals surface area contributed by atoms with Crippen LogP contribution in [0.1, 0.15) is 28.9 Å². The van der Waals surface area contributed by atoms with Crippen LogP contribution in [0.5, 0.6) is 0 Å². The highest BCUT2D eigenvalue weighted by molar-refractivity contribution is 9.09. The Morgan fingerprint density at radius 1 is 1.55 bits per heavy atom. The average molecular weight is 212 g/mol. The molecule has 11 heavy (non-hydrogen) atoms. The van der Waals surface area contributed by atoms with Crippen LogP contribution in [-0.2, 0) is 6.42 Å². The van der Waals surface area contributed by atoms with Crippen molar-refractivity contribution in [1.29, 1.82) is 0 Å². The van der Waals surface area contributed by atoms with Crippen LogP contribution in [0.25, 0.3) is 0 Å². The molecule has 0 amide bonds. The number of halogens is 1. The highest BCUT2D eigenvalue weighted by atomic mass is 79.9. The van der Waals surface area contributed by atoms with E-state index in [-0.39, 0.29) is 0 Å². The van der Waals surface area contributed by atoms with Crippen molar-refractivity contribution in [2.75, 3.05) is 0 Å². The van der Waals surface area contributed by atoms with Gasteiger partial charge in [0.1, 0.15) is 0 Å². The normalized spacial score (nSPS) is 22.8. The van der Waals surface area contributed by atoms with Crippen molar-refractivity contribution in [2.24, 2.45) is 0 Å². The number of nitrogens with zero attached hydrogens (tertiary/aromatic N) is 1. The van der Waals surface area contributed by atoms with Gasteiger partial charge in [-0.1, -0.05) is 22.0 Å². The van der Waals surface area contributed by atoms with Crippen molar-refractivity contribution in [3.8, 4) is 0 Å². The number of alkyl halides is 1. The van der Waals surface area contributed by atoms with Gasteiger partial charge >= 0.3 is 0 Å². The minimum atomic E-state index is 0.493. The summed E-state index contributed by atoms with van der Waals surface area (Å²) >= 11 is 3.62. The third-order valence-electron chi connectivity index (χ3n) is 2.13. The summed E-state index contributed by atoms with van der Waals surface area (Å²) in [6.07, 6.45) is 5.59. The number of hydrogen-bond donors (Lipinski definition) is 0. The molecule has 0 aliphatic heterocycles. The molecule has 1 atom stereocenters. The van der Waals surface area contributed by atoms with Crippen LogP contribution in [0.3, 0.4) is 0 Å². The number of rotatable bonds is 0. The van der Waals surface area contributed by atoms with Crippen molar-refractivity contribution in [3.05, 3.63) is 29.6 Å². The molecule has 2 heteroatoms. The first kappa shape index (κ1) is 7.29. The monoisotopic (exact) mass is 211 g/mol. The molecule has 0 aromatic carbocycles. The first-order valence-corrected chi connectivity index (χ1v) is 4.87. The molecule has 0 N–H and O–H groups in total. The van der Waals surface area contributed by atoms with Gasteiger partial charge in [0, 0.05) is 6.20 Å². The summed E-state index contributed by atoms with van der Waals surface area (Å²) in [6, 6.07) is 4.19. The lowest BCUT2D eigenvalue weighted by Crippen LogP contribution is -2.06. The van der Waals surface area contributed by atoms with E-state index < -0.39 is 0 Å². The fraction of sp³-hybridized carbons (Fsp3) is 0.444. The molecule has 1 aromatic heterocycles. The standard InChI is InChI=1S/C9H10BrN/c10-8-5-1-3-7-4-2-6-11-9(7)8/h2,4,6,8H,1,3,5H2. The van der Waals surface area contributed by atoms with Crippen LogP contribution in [-0.4, -0.2) is 4.98 Å². The molecule has 0 radical (unpaired) electrons. The van der Waals surface area contributed by atoms with E-state index in [4.69, 9.17) is 0 Å². The topological polar surface area (TPSA) is 12.9 Å². The van der Waals surface area contributed by atoms with Gasteiger partial charge in [0.25, 0.3) is 0 Å². The molecule has 0 fully saturated rings. The van der Waals surface area contributed by atoms with Gasteiger partial charge in [-0.05, 0) is 30.9 Å². The molecule has 58 valence electrons. The molecule has 0 saturated carbocycles. The quantitative estimate of drug-likeness (QED) is 0.602. The molecular weight excluding hydrogens is 202 g/mol. The lowest BCUT2D eigenvalue weighted by Gasteiger charge is -2.18. The van der Waals surface area contributed by atoms with E-state index in [0.29, 0.717) is 4.83 Å². The number of aromatic nitrogens is 1. The highest BCUT2D eigenvalue weighted by Crippen LogP contribution is 2.33. The smallest absolute Gasteiger partial charge is 0.0572 e. The second kappa shape index (κ2) is 2.94. The maximum atomic E-state index is 4.35. The molecule has 1 nitrogen and oxygen atoms in total. The third-order valence-corrected chi connectivity index (χ3v) is 3.02. The van der Waals surface area contributed by atoms with E-state index in [1.165, 1.54) is 30.5 Å².